The van der Waals surface area contributed by atoms with Gasteiger partial charge in [0.25, 0.3) is 5.91 Å². The van der Waals surface area contributed by atoms with Crippen LogP contribution in [0.4, 0.5) is 0 Å². The number of aliphatic carboxylic acids is 1. The first kappa shape index (κ1) is 15.0. The zero-order chi connectivity index (χ0) is 14.4. The van der Waals surface area contributed by atoms with Gasteiger partial charge in [-0.15, -0.1) is 0 Å². The molecule has 0 aromatic rings. The van der Waals surface area contributed by atoms with Gasteiger partial charge in [0.1, 0.15) is 17.7 Å². The number of carboxylic acid groups (broad SMARTS) is 1. The van der Waals surface area contributed by atoms with Crippen molar-refractivity contribution < 1.29 is 14.7 Å². The molecular formula is C13H19N3O3. The Morgan fingerprint density at radius 1 is 1.37 bits per heavy atom. The van der Waals surface area contributed by atoms with Crippen LogP contribution >= 0.6 is 0 Å². The lowest BCUT2D eigenvalue weighted by atomic mass is 10.0. The summed E-state index contributed by atoms with van der Waals surface area (Å²) in [5, 5.41) is 20.4. The van der Waals surface area contributed by atoms with E-state index in [2.05, 4.69) is 5.32 Å². The Bertz CT molecular complexity index is 417. The van der Waals surface area contributed by atoms with Crippen molar-refractivity contribution in [1.29, 1.82) is 5.26 Å². The Morgan fingerprint density at radius 3 is 2.37 bits per heavy atom. The van der Waals surface area contributed by atoms with Gasteiger partial charge in [0.2, 0.25) is 0 Å². The minimum atomic E-state index is -1.10. The van der Waals surface area contributed by atoms with Crippen molar-refractivity contribution in [3.05, 3.63) is 11.8 Å². The number of hydrogen-bond donors (Lipinski definition) is 2. The van der Waals surface area contributed by atoms with E-state index in [0.717, 1.165) is 25.9 Å². The zero-order valence-electron chi connectivity index (χ0n) is 11.2. The number of carbonyl (C=O) groups excluding carboxylic acids is 1. The van der Waals surface area contributed by atoms with Gasteiger partial charge in [-0.3, -0.25) is 4.79 Å². The van der Waals surface area contributed by atoms with Gasteiger partial charge in [-0.25, -0.2) is 4.79 Å². The molecule has 0 saturated carbocycles. The molecule has 1 saturated heterocycles. The minimum absolute atomic E-state index is 0.0474. The SMILES string of the molecule is CC(C)C(NC(=O)/C(C#N)=C\N1CCCC1)C(=O)O. The fourth-order valence-electron chi connectivity index (χ4n) is 1.92. The molecule has 1 fully saturated rings. The van der Waals surface area contributed by atoms with Crippen molar-refractivity contribution in [2.24, 2.45) is 5.92 Å². The summed E-state index contributed by atoms with van der Waals surface area (Å²) in [4.78, 5) is 24.8. The average molecular weight is 265 g/mol. The first-order chi connectivity index (χ1) is 8.95. The second-order valence-electron chi connectivity index (χ2n) is 4.93. The van der Waals surface area contributed by atoms with E-state index >= 15 is 0 Å². The molecule has 6 nitrogen and oxygen atoms in total. The lowest BCUT2D eigenvalue weighted by molar-refractivity contribution is -0.142. The Hall–Kier alpha value is -2.03. The third-order valence-corrected chi connectivity index (χ3v) is 3.04. The van der Waals surface area contributed by atoms with Gasteiger partial charge in [-0.2, -0.15) is 5.26 Å². The smallest absolute Gasteiger partial charge is 0.326 e. The van der Waals surface area contributed by atoms with Gasteiger partial charge >= 0.3 is 5.97 Å². The van der Waals surface area contributed by atoms with E-state index in [0.29, 0.717) is 0 Å². The number of carboxylic acids is 1. The zero-order valence-corrected chi connectivity index (χ0v) is 11.2. The maximum Gasteiger partial charge on any atom is 0.326 e. The molecule has 1 atom stereocenters. The van der Waals surface area contributed by atoms with Gasteiger partial charge in [-0.05, 0) is 18.8 Å². The molecule has 2 N–H and O–H groups in total. The Labute approximate surface area is 112 Å². The predicted octanol–water partition coefficient (Wildman–Crippen LogP) is 0.715. The molecule has 1 aliphatic rings. The van der Waals surface area contributed by atoms with Gasteiger partial charge < -0.3 is 15.3 Å². The molecule has 19 heavy (non-hydrogen) atoms. The van der Waals surface area contributed by atoms with Crippen LogP contribution in [0.3, 0.4) is 0 Å². The number of amides is 1. The van der Waals surface area contributed by atoms with Crippen LogP contribution in [0.1, 0.15) is 26.7 Å². The molecule has 6 heteroatoms. The van der Waals surface area contributed by atoms with E-state index in [1.165, 1.54) is 6.20 Å². The summed E-state index contributed by atoms with van der Waals surface area (Å²) in [5.41, 5.74) is -0.0474. The summed E-state index contributed by atoms with van der Waals surface area (Å²) < 4.78 is 0. The van der Waals surface area contributed by atoms with E-state index in [1.807, 2.05) is 11.0 Å². The molecule has 104 valence electrons. The van der Waals surface area contributed by atoms with Gasteiger partial charge in [0, 0.05) is 19.3 Å². The highest BCUT2D eigenvalue weighted by atomic mass is 16.4. The summed E-state index contributed by atoms with van der Waals surface area (Å²) in [5.74, 6) is -1.97. The van der Waals surface area contributed by atoms with E-state index in [4.69, 9.17) is 10.4 Å². The summed E-state index contributed by atoms with van der Waals surface area (Å²) in [6.07, 6.45) is 3.60. The maximum absolute atomic E-state index is 11.9. The molecule has 0 aromatic heterocycles. The van der Waals surface area contributed by atoms with Crippen LogP contribution in [0.2, 0.25) is 0 Å². The van der Waals surface area contributed by atoms with Crippen molar-refractivity contribution in [2.75, 3.05) is 13.1 Å². The van der Waals surface area contributed by atoms with Crippen LogP contribution in [-0.4, -0.2) is 41.0 Å². The average Bonchev–Trinajstić information content (AvgIpc) is 2.84. The van der Waals surface area contributed by atoms with E-state index in [-0.39, 0.29) is 11.5 Å². The first-order valence-corrected chi connectivity index (χ1v) is 6.35. The molecule has 1 heterocycles. The number of nitrogens with zero attached hydrogens (tertiary/aromatic N) is 2. The molecule has 0 bridgehead atoms. The third kappa shape index (κ3) is 4.28. The molecule has 0 spiro atoms. The lowest BCUT2D eigenvalue weighted by Crippen LogP contribution is -2.44. The van der Waals surface area contributed by atoms with Crippen LogP contribution in [0.15, 0.2) is 11.8 Å². The second-order valence-corrected chi connectivity index (χ2v) is 4.93. The number of rotatable bonds is 5. The highest BCUT2D eigenvalue weighted by Gasteiger charge is 2.25. The predicted molar refractivity (Wildman–Crippen MR) is 68.9 cm³/mol. The lowest BCUT2D eigenvalue weighted by Gasteiger charge is -2.18. The van der Waals surface area contributed by atoms with Crippen molar-refractivity contribution in [3.63, 3.8) is 0 Å². The molecule has 0 radical (unpaired) electrons. The maximum atomic E-state index is 11.9. The Morgan fingerprint density at radius 2 is 1.95 bits per heavy atom. The van der Waals surface area contributed by atoms with Crippen LogP contribution in [0.25, 0.3) is 0 Å². The molecular weight excluding hydrogens is 246 g/mol. The normalized spacial score (nSPS) is 17.2. The molecule has 1 rings (SSSR count). The number of nitrogens with one attached hydrogen (secondary N) is 1. The molecule has 1 unspecified atom stereocenters. The molecule has 0 aromatic carbocycles. The van der Waals surface area contributed by atoms with Crippen molar-refractivity contribution >= 4 is 11.9 Å². The highest BCUT2D eigenvalue weighted by Crippen LogP contribution is 2.10. The van der Waals surface area contributed by atoms with E-state index < -0.39 is 17.9 Å². The minimum Gasteiger partial charge on any atom is -0.480 e. The van der Waals surface area contributed by atoms with Gasteiger partial charge in [-0.1, -0.05) is 13.8 Å². The summed E-state index contributed by atoms with van der Waals surface area (Å²) >= 11 is 0. The molecule has 1 aliphatic heterocycles. The topological polar surface area (TPSA) is 93.4 Å². The number of carbonyl (C=O) groups is 2. The standard InChI is InChI=1S/C13H19N3O3/c1-9(2)11(13(18)19)15-12(17)10(7-14)8-16-5-3-4-6-16/h8-9,11H,3-6H2,1-2H3,(H,15,17)(H,18,19)/b10-8-. The van der Waals surface area contributed by atoms with Gasteiger partial charge in [0.05, 0.1) is 0 Å². The van der Waals surface area contributed by atoms with Crippen LogP contribution < -0.4 is 5.32 Å². The Kier molecular flexibility index (Phi) is 5.37. The van der Waals surface area contributed by atoms with E-state index in [1.54, 1.807) is 13.8 Å². The third-order valence-electron chi connectivity index (χ3n) is 3.04. The number of likely N-dealkylation sites (tertiary alicyclic amines) is 1. The fourth-order valence-corrected chi connectivity index (χ4v) is 1.92. The fraction of sp³-hybridized carbons (Fsp3) is 0.615. The second kappa shape index (κ2) is 6.78. The van der Waals surface area contributed by atoms with Crippen LogP contribution in [0.5, 0.6) is 0 Å². The largest absolute Gasteiger partial charge is 0.480 e. The molecule has 0 aliphatic carbocycles. The molecule has 1 amide bonds. The van der Waals surface area contributed by atoms with Crippen molar-refractivity contribution in [2.45, 2.75) is 32.7 Å². The summed E-state index contributed by atoms with van der Waals surface area (Å²) in [6.45, 7) is 5.06. The number of hydrogen-bond acceptors (Lipinski definition) is 4. The van der Waals surface area contributed by atoms with Crippen LogP contribution in [0, 0.1) is 17.2 Å². The van der Waals surface area contributed by atoms with Crippen LogP contribution in [-0.2, 0) is 9.59 Å². The van der Waals surface area contributed by atoms with Crippen molar-refractivity contribution in [3.8, 4) is 6.07 Å². The Balaban J connectivity index is 2.73. The van der Waals surface area contributed by atoms with Gasteiger partial charge in [0.15, 0.2) is 0 Å². The highest BCUT2D eigenvalue weighted by molar-refractivity contribution is 5.99. The van der Waals surface area contributed by atoms with E-state index in [9.17, 15) is 9.59 Å². The van der Waals surface area contributed by atoms with Crippen molar-refractivity contribution in [1.82, 2.24) is 10.2 Å². The number of nitriles is 1. The monoisotopic (exact) mass is 265 g/mol. The summed E-state index contributed by atoms with van der Waals surface area (Å²) in [6, 6.07) is 0.843. The summed E-state index contributed by atoms with van der Waals surface area (Å²) in [7, 11) is 0. The first-order valence-electron chi connectivity index (χ1n) is 6.35. The quantitative estimate of drug-likeness (QED) is 0.564.